The zero-order valence-corrected chi connectivity index (χ0v) is 9.17. The van der Waals surface area contributed by atoms with Gasteiger partial charge in [-0.2, -0.15) is 0 Å². The molecule has 0 aromatic rings. The molecule has 0 saturated carbocycles. The normalized spacial score (nSPS) is 30.1. The minimum Gasteiger partial charge on any atom is -0.298 e. The van der Waals surface area contributed by atoms with Crippen LogP contribution in [0.3, 0.4) is 0 Å². The van der Waals surface area contributed by atoms with Gasteiger partial charge in [0.15, 0.2) is 5.78 Å². The van der Waals surface area contributed by atoms with E-state index in [-0.39, 0.29) is 11.2 Å². The number of Topliss-reactive ketones (excluding diaryl/α,β-unsaturated/α-hetero) is 1. The van der Waals surface area contributed by atoms with Crippen LogP contribution in [0.2, 0.25) is 0 Å². The quantitative estimate of drug-likeness (QED) is 0.443. The lowest BCUT2D eigenvalue weighted by atomic mass is 10.1. The highest BCUT2D eigenvalue weighted by Crippen LogP contribution is 2.12. The van der Waals surface area contributed by atoms with Crippen LogP contribution in [0.25, 0.3) is 0 Å². The fourth-order valence-corrected chi connectivity index (χ4v) is 1.68. The number of carbonyl (C=O) groups is 1. The summed E-state index contributed by atoms with van der Waals surface area (Å²) in [5.41, 5.74) is 0. The Bertz CT molecular complexity index is 230. The molecule has 0 amide bonds. The predicted octanol–water partition coefficient (Wildman–Crippen LogP) is 3.63. The molecule has 1 aliphatic carbocycles. The number of halogens is 1. The zero-order valence-electron chi connectivity index (χ0n) is 8.42. The lowest BCUT2D eigenvalue weighted by Crippen LogP contribution is -2.13. The smallest absolute Gasteiger partial charge is 0.150 e. The second-order valence-electron chi connectivity index (χ2n) is 3.57. The van der Waals surface area contributed by atoms with E-state index in [0.29, 0.717) is 6.42 Å². The van der Waals surface area contributed by atoms with Crippen LogP contribution in [-0.4, -0.2) is 11.2 Å². The summed E-state index contributed by atoms with van der Waals surface area (Å²) in [6, 6.07) is 0. The lowest BCUT2D eigenvalue weighted by molar-refractivity contribution is -0.118. The van der Waals surface area contributed by atoms with Crippen LogP contribution in [-0.2, 0) is 4.79 Å². The molecular weight excluding hydrogens is 196 g/mol. The highest BCUT2D eigenvalue weighted by molar-refractivity contribution is 6.31. The fourth-order valence-electron chi connectivity index (χ4n) is 1.45. The molecule has 1 aliphatic rings. The Morgan fingerprint density at radius 2 is 1.57 bits per heavy atom. The van der Waals surface area contributed by atoms with Crippen molar-refractivity contribution in [3.63, 3.8) is 0 Å². The van der Waals surface area contributed by atoms with Gasteiger partial charge in [-0.3, -0.25) is 4.79 Å². The summed E-state index contributed by atoms with van der Waals surface area (Å²) >= 11 is 5.96. The number of carbonyl (C=O) groups excluding carboxylic acids is 1. The molecule has 1 atom stereocenters. The van der Waals surface area contributed by atoms with E-state index in [9.17, 15) is 4.79 Å². The molecular formula is C12H17ClO. The predicted molar refractivity (Wildman–Crippen MR) is 60.6 cm³/mol. The topological polar surface area (TPSA) is 17.1 Å². The van der Waals surface area contributed by atoms with Gasteiger partial charge in [0.05, 0.1) is 5.38 Å². The summed E-state index contributed by atoms with van der Waals surface area (Å²) in [7, 11) is 0. The number of rotatable bonds is 0. The fraction of sp³-hybridized carbons (Fsp3) is 0.583. The van der Waals surface area contributed by atoms with Gasteiger partial charge in [-0.05, 0) is 32.1 Å². The number of ketones is 1. The minimum absolute atomic E-state index is 0.185. The van der Waals surface area contributed by atoms with Crippen molar-refractivity contribution in [1.82, 2.24) is 0 Å². The molecule has 2 heteroatoms. The first-order valence-corrected chi connectivity index (χ1v) is 5.71. The molecule has 0 aliphatic heterocycles. The number of hydrogen-bond acceptors (Lipinski definition) is 1. The first-order chi connectivity index (χ1) is 6.80. The summed E-state index contributed by atoms with van der Waals surface area (Å²) in [5, 5.41) is -0.285. The standard InChI is InChI=1S/C12H17ClO/c13-11-9-7-5-3-1-2-4-6-8-10-12(11)14/h3-6,11H,1-2,7-10H2/b5-3+,6-4+. The van der Waals surface area contributed by atoms with Crippen molar-refractivity contribution in [2.24, 2.45) is 0 Å². The number of allylic oxidation sites excluding steroid dienone is 4. The third-order valence-electron chi connectivity index (χ3n) is 2.33. The van der Waals surface area contributed by atoms with Gasteiger partial charge in [0.25, 0.3) is 0 Å². The molecule has 0 aromatic carbocycles. The Labute approximate surface area is 90.8 Å². The third-order valence-corrected chi connectivity index (χ3v) is 2.79. The molecule has 1 nitrogen and oxygen atoms in total. The van der Waals surface area contributed by atoms with Crippen LogP contribution in [0.4, 0.5) is 0 Å². The van der Waals surface area contributed by atoms with Gasteiger partial charge in [0, 0.05) is 6.42 Å². The minimum atomic E-state index is -0.285. The van der Waals surface area contributed by atoms with E-state index >= 15 is 0 Å². The van der Waals surface area contributed by atoms with Gasteiger partial charge in [0.2, 0.25) is 0 Å². The van der Waals surface area contributed by atoms with Crippen LogP contribution in [0.5, 0.6) is 0 Å². The molecule has 14 heavy (non-hydrogen) atoms. The van der Waals surface area contributed by atoms with Crippen molar-refractivity contribution in [3.05, 3.63) is 24.3 Å². The Hall–Kier alpha value is -0.560. The van der Waals surface area contributed by atoms with Crippen molar-refractivity contribution < 1.29 is 4.79 Å². The van der Waals surface area contributed by atoms with Crippen molar-refractivity contribution in [3.8, 4) is 0 Å². The maximum absolute atomic E-state index is 11.4. The van der Waals surface area contributed by atoms with E-state index in [2.05, 4.69) is 24.3 Å². The molecule has 0 heterocycles. The van der Waals surface area contributed by atoms with Crippen molar-refractivity contribution in [1.29, 1.82) is 0 Å². The van der Waals surface area contributed by atoms with Crippen molar-refractivity contribution in [2.45, 2.75) is 43.9 Å². The summed E-state index contributed by atoms with van der Waals surface area (Å²) in [6.45, 7) is 0. The van der Waals surface area contributed by atoms with E-state index in [0.717, 1.165) is 32.1 Å². The largest absolute Gasteiger partial charge is 0.298 e. The molecule has 0 radical (unpaired) electrons. The van der Waals surface area contributed by atoms with Crippen molar-refractivity contribution >= 4 is 17.4 Å². The maximum Gasteiger partial charge on any atom is 0.150 e. The molecule has 0 saturated heterocycles. The molecule has 0 bridgehead atoms. The lowest BCUT2D eigenvalue weighted by Gasteiger charge is -2.06. The second-order valence-corrected chi connectivity index (χ2v) is 4.10. The van der Waals surface area contributed by atoms with Crippen molar-refractivity contribution in [2.75, 3.05) is 0 Å². The van der Waals surface area contributed by atoms with Gasteiger partial charge < -0.3 is 0 Å². The molecule has 1 rings (SSSR count). The SMILES string of the molecule is O=C1CC/C=C/CC/C=C/CCC1Cl. The molecule has 1 unspecified atom stereocenters. The van der Waals surface area contributed by atoms with E-state index in [4.69, 9.17) is 11.6 Å². The van der Waals surface area contributed by atoms with Gasteiger partial charge in [-0.15, -0.1) is 11.6 Å². The Kier molecular flexibility index (Phi) is 5.62. The first-order valence-electron chi connectivity index (χ1n) is 5.27. The Balaban J connectivity index is 2.45. The summed E-state index contributed by atoms with van der Waals surface area (Å²) < 4.78 is 0. The van der Waals surface area contributed by atoms with Crippen LogP contribution in [0.1, 0.15) is 38.5 Å². The average Bonchev–Trinajstić information content (AvgIpc) is 2.18. The van der Waals surface area contributed by atoms with E-state index in [1.807, 2.05) is 0 Å². The summed E-state index contributed by atoms with van der Waals surface area (Å²) in [5.74, 6) is 0.185. The van der Waals surface area contributed by atoms with Gasteiger partial charge in [0.1, 0.15) is 0 Å². The highest BCUT2D eigenvalue weighted by atomic mass is 35.5. The highest BCUT2D eigenvalue weighted by Gasteiger charge is 2.12. The van der Waals surface area contributed by atoms with Crippen LogP contribution in [0.15, 0.2) is 24.3 Å². The van der Waals surface area contributed by atoms with E-state index < -0.39 is 0 Å². The summed E-state index contributed by atoms with van der Waals surface area (Å²) in [6.07, 6.45) is 13.8. The van der Waals surface area contributed by atoms with E-state index in [1.54, 1.807) is 0 Å². The van der Waals surface area contributed by atoms with Crippen LogP contribution < -0.4 is 0 Å². The molecule has 0 spiro atoms. The van der Waals surface area contributed by atoms with Gasteiger partial charge in [-0.1, -0.05) is 24.3 Å². The number of hydrogen-bond donors (Lipinski definition) is 0. The monoisotopic (exact) mass is 212 g/mol. The Morgan fingerprint density at radius 1 is 1.00 bits per heavy atom. The first kappa shape index (κ1) is 11.5. The Morgan fingerprint density at radius 3 is 2.29 bits per heavy atom. The van der Waals surface area contributed by atoms with Crippen LogP contribution >= 0.6 is 11.6 Å². The van der Waals surface area contributed by atoms with Crippen LogP contribution in [0, 0.1) is 0 Å². The van der Waals surface area contributed by atoms with Gasteiger partial charge in [-0.25, -0.2) is 0 Å². The molecule has 0 N–H and O–H groups in total. The molecule has 0 fully saturated rings. The second kappa shape index (κ2) is 6.83. The van der Waals surface area contributed by atoms with Gasteiger partial charge >= 0.3 is 0 Å². The van der Waals surface area contributed by atoms with E-state index in [1.165, 1.54) is 0 Å². The zero-order chi connectivity index (χ0) is 10.2. The third kappa shape index (κ3) is 4.61. The maximum atomic E-state index is 11.4. The average molecular weight is 213 g/mol. The molecule has 78 valence electrons. The summed E-state index contributed by atoms with van der Waals surface area (Å²) in [4.78, 5) is 11.4. The molecule has 0 aromatic heterocycles. The number of alkyl halides is 1.